The van der Waals surface area contributed by atoms with Gasteiger partial charge in [-0.3, -0.25) is 4.79 Å². The molecular weight excluding hydrogens is 281 g/mol. The number of nitriles is 1. The van der Waals surface area contributed by atoms with Crippen molar-refractivity contribution in [1.82, 2.24) is 5.32 Å². The molecule has 112 valence electrons. The van der Waals surface area contributed by atoms with Gasteiger partial charge >= 0.3 is 6.18 Å². The Hall–Kier alpha value is -2.03. The highest BCUT2D eigenvalue weighted by molar-refractivity contribution is 5.78. The molecule has 1 aromatic rings. The molecule has 1 amide bonds. The summed E-state index contributed by atoms with van der Waals surface area (Å²) in [5.74, 6) is -0.962. The van der Waals surface area contributed by atoms with E-state index < -0.39 is 29.1 Å². The molecule has 21 heavy (non-hydrogen) atoms. The van der Waals surface area contributed by atoms with Gasteiger partial charge < -0.3 is 5.32 Å². The van der Waals surface area contributed by atoms with Crippen molar-refractivity contribution in [3.05, 3.63) is 35.4 Å². The second kappa shape index (κ2) is 5.40. The lowest BCUT2D eigenvalue weighted by Gasteiger charge is -2.18. The van der Waals surface area contributed by atoms with E-state index in [1.165, 1.54) is 18.2 Å². The Morgan fingerprint density at radius 2 is 2.05 bits per heavy atom. The van der Waals surface area contributed by atoms with Gasteiger partial charge in [-0.2, -0.15) is 18.4 Å². The van der Waals surface area contributed by atoms with Crippen LogP contribution in [0.5, 0.6) is 0 Å². The third kappa shape index (κ3) is 3.54. The van der Waals surface area contributed by atoms with Crippen molar-refractivity contribution in [1.29, 1.82) is 5.26 Å². The molecule has 1 atom stereocenters. The van der Waals surface area contributed by atoms with Gasteiger partial charge in [-0.1, -0.05) is 25.1 Å². The minimum atomic E-state index is -4.44. The van der Waals surface area contributed by atoms with Crippen molar-refractivity contribution in [2.45, 2.75) is 43.8 Å². The number of carbonyl (C=O) groups excluding carboxylic acids is 1. The van der Waals surface area contributed by atoms with Crippen molar-refractivity contribution in [2.24, 2.45) is 0 Å². The predicted molar refractivity (Wildman–Crippen MR) is 70.2 cm³/mol. The van der Waals surface area contributed by atoms with E-state index in [2.05, 4.69) is 5.32 Å². The summed E-state index contributed by atoms with van der Waals surface area (Å²) in [5.41, 5.74) is -1.41. The zero-order valence-corrected chi connectivity index (χ0v) is 11.5. The molecule has 1 N–H and O–H groups in total. The predicted octanol–water partition coefficient (Wildman–Crippen LogP) is 3.37. The Morgan fingerprint density at radius 3 is 2.57 bits per heavy atom. The molecule has 2 rings (SSSR count). The van der Waals surface area contributed by atoms with Crippen molar-refractivity contribution >= 4 is 5.91 Å². The number of hydrogen-bond acceptors (Lipinski definition) is 2. The third-order valence-electron chi connectivity index (χ3n) is 3.63. The van der Waals surface area contributed by atoms with E-state index in [1.54, 1.807) is 6.92 Å². The van der Waals surface area contributed by atoms with Crippen LogP contribution in [-0.2, 0) is 11.0 Å². The zero-order chi connectivity index (χ0) is 15.7. The van der Waals surface area contributed by atoms with E-state index in [4.69, 9.17) is 5.26 Å². The van der Waals surface area contributed by atoms with Crippen LogP contribution in [0, 0.1) is 11.3 Å². The minimum absolute atomic E-state index is 0.0729. The van der Waals surface area contributed by atoms with Crippen molar-refractivity contribution in [3.63, 3.8) is 0 Å². The van der Waals surface area contributed by atoms with E-state index >= 15 is 0 Å². The molecule has 6 heteroatoms. The summed E-state index contributed by atoms with van der Waals surface area (Å²) in [4.78, 5) is 11.9. The summed E-state index contributed by atoms with van der Waals surface area (Å²) in [7, 11) is 0. The molecule has 0 spiro atoms. The van der Waals surface area contributed by atoms with E-state index in [9.17, 15) is 18.0 Å². The standard InChI is InChI=1S/C15H15F3N2O/c1-10(8-13(21)20-14(9-19)6-7-14)11-4-2-3-5-12(11)15(16,17)18/h2-5,10H,6-8H2,1H3,(H,20,21)/t10-/m1/s1. The first kappa shape index (κ1) is 15.4. The van der Waals surface area contributed by atoms with E-state index in [1.807, 2.05) is 6.07 Å². The highest BCUT2D eigenvalue weighted by atomic mass is 19.4. The summed E-state index contributed by atoms with van der Waals surface area (Å²) in [6, 6.07) is 7.27. The topological polar surface area (TPSA) is 52.9 Å². The van der Waals surface area contributed by atoms with Crippen LogP contribution in [0.2, 0.25) is 0 Å². The monoisotopic (exact) mass is 296 g/mol. The summed E-state index contributed by atoms with van der Waals surface area (Å²) < 4.78 is 38.8. The second-order valence-corrected chi connectivity index (χ2v) is 5.43. The van der Waals surface area contributed by atoms with Crippen LogP contribution in [0.1, 0.15) is 43.2 Å². The molecule has 1 aliphatic carbocycles. The lowest BCUT2D eigenvalue weighted by atomic mass is 9.92. The van der Waals surface area contributed by atoms with Gasteiger partial charge in [0.1, 0.15) is 5.54 Å². The third-order valence-corrected chi connectivity index (χ3v) is 3.63. The summed E-state index contributed by atoms with van der Waals surface area (Å²) in [6.07, 6.45) is -3.31. The number of hydrogen-bond donors (Lipinski definition) is 1. The van der Waals surface area contributed by atoms with Gasteiger partial charge in [0.2, 0.25) is 5.91 Å². The Bertz CT molecular complexity index is 585. The van der Waals surface area contributed by atoms with E-state index in [-0.39, 0.29) is 12.0 Å². The maximum atomic E-state index is 12.9. The molecule has 1 fully saturated rings. The van der Waals surface area contributed by atoms with Crippen LogP contribution in [0.4, 0.5) is 13.2 Å². The maximum Gasteiger partial charge on any atom is 0.416 e. The fourth-order valence-electron chi connectivity index (χ4n) is 2.28. The summed E-state index contributed by atoms with van der Waals surface area (Å²) in [5, 5.41) is 11.5. The first-order valence-electron chi connectivity index (χ1n) is 6.66. The smallest absolute Gasteiger partial charge is 0.338 e. The van der Waals surface area contributed by atoms with Crippen molar-refractivity contribution in [3.8, 4) is 6.07 Å². The molecular formula is C15H15F3N2O. The Kier molecular flexibility index (Phi) is 3.95. The van der Waals surface area contributed by atoms with E-state index in [0.717, 1.165) is 6.07 Å². The number of amides is 1. The molecule has 0 unspecified atom stereocenters. The molecule has 3 nitrogen and oxygen atoms in total. The molecule has 1 aromatic carbocycles. The van der Waals surface area contributed by atoms with Gasteiger partial charge in [-0.15, -0.1) is 0 Å². The number of halogens is 3. The highest BCUT2D eigenvalue weighted by Gasteiger charge is 2.44. The zero-order valence-electron chi connectivity index (χ0n) is 11.5. The second-order valence-electron chi connectivity index (χ2n) is 5.43. The average molecular weight is 296 g/mol. The Labute approximate surface area is 120 Å². The number of nitrogens with zero attached hydrogens (tertiary/aromatic N) is 1. The van der Waals surface area contributed by atoms with Gasteiger partial charge in [-0.25, -0.2) is 0 Å². The van der Waals surface area contributed by atoms with Crippen LogP contribution < -0.4 is 5.32 Å². The van der Waals surface area contributed by atoms with Gasteiger partial charge in [0.15, 0.2) is 0 Å². The largest absolute Gasteiger partial charge is 0.416 e. The minimum Gasteiger partial charge on any atom is -0.338 e. The number of rotatable bonds is 4. The van der Waals surface area contributed by atoms with Crippen LogP contribution in [0.3, 0.4) is 0 Å². The van der Waals surface area contributed by atoms with Crippen LogP contribution in [0.15, 0.2) is 24.3 Å². The first-order chi connectivity index (χ1) is 9.77. The molecule has 1 saturated carbocycles. The average Bonchev–Trinajstić information content (AvgIpc) is 3.17. The normalized spacial score (nSPS) is 17.7. The molecule has 1 aliphatic rings. The van der Waals surface area contributed by atoms with Crippen LogP contribution in [0.25, 0.3) is 0 Å². The van der Waals surface area contributed by atoms with E-state index in [0.29, 0.717) is 12.8 Å². The maximum absolute atomic E-state index is 12.9. The van der Waals surface area contributed by atoms with Crippen LogP contribution in [-0.4, -0.2) is 11.4 Å². The number of alkyl halides is 3. The van der Waals surface area contributed by atoms with Crippen molar-refractivity contribution < 1.29 is 18.0 Å². The molecule has 0 radical (unpaired) electrons. The van der Waals surface area contributed by atoms with Gasteiger partial charge in [-0.05, 0) is 30.4 Å². The van der Waals surface area contributed by atoms with Gasteiger partial charge in [0.05, 0.1) is 11.6 Å². The van der Waals surface area contributed by atoms with Gasteiger partial charge in [0, 0.05) is 6.42 Å². The Balaban J connectivity index is 2.09. The number of benzene rings is 1. The number of carbonyl (C=O) groups is 1. The Morgan fingerprint density at radius 1 is 1.43 bits per heavy atom. The van der Waals surface area contributed by atoms with Gasteiger partial charge in [0.25, 0.3) is 0 Å². The molecule has 0 bridgehead atoms. The highest BCUT2D eigenvalue weighted by Crippen LogP contribution is 2.37. The van der Waals surface area contributed by atoms with Crippen LogP contribution >= 0.6 is 0 Å². The fourth-order valence-corrected chi connectivity index (χ4v) is 2.28. The quantitative estimate of drug-likeness (QED) is 0.926. The lowest BCUT2D eigenvalue weighted by Crippen LogP contribution is -2.36. The molecule has 0 saturated heterocycles. The van der Waals surface area contributed by atoms with Crippen molar-refractivity contribution in [2.75, 3.05) is 0 Å². The SMILES string of the molecule is C[C@H](CC(=O)NC1(C#N)CC1)c1ccccc1C(F)(F)F. The fraction of sp³-hybridized carbons (Fsp3) is 0.467. The molecule has 0 aliphatic heterocycles. The molecule has 0 aromatic heterocycles. The summed E-state index contributed by atoms with van der Waals surface area (Å²) >= 11 is 0. The lowest BCUT2D eigenvalue weighted by molar-refractivity contribution is -0.138. The first-order valence-corrected chi connectivity index (χ1v) is 6.66. The molecule has 0 heterocycles. The number of nitrogens with one attached hydrogen (secondary N) is 1. The summed E-state index contributed by atoms with van der Waals surface area (Å²) in [6.45, 7) is 1.58.